The molecule has 0 aliphatic carbocycles. The molecule has 3 nitrogen and oxygen atoms in total. The third kappa shape index (κ3) is 2.62. The van der Waals surface area contributed by atoms with E-state index in [0.717, 1.165) is 5.56 Å². The molecule has 0 atom stereocenters. The summed E-state index contributed by atoms with van der Waals surface area (Å²) in [6.45, 7) is 2.62. The molecule has 64 valence electrons. The van der Waals surface area contributed by atoms with Crippen molar-refractivity contribution < 1.29 is 4.74 Å². The lowest BCUT2D eigenvalue weighted by Gasteiger charge is -1.94. The predicted octanol–water partition coefficient (Wildman–Crippen LogP) is 1.67. The van der Waals surface area contributed by atoms with Crippen LogP contribution in [0.3, 0.4) is 0 Å². The number of aromatic nitrogens is 1. The van der Waals surface area contributed by atoms with Crippen LogP contribution in [0.2, 0.25) is 0 Å². The van der Waals surface area contributed by atoms with Gasteiger partial charge in [0, 0.05) is 6.20 Å². The average Bonchev–Trinajstić information content (AvgIpc) is 2.09. The van der Waals surface area contributed by atoms with Crippen molar-refractivity contribution in [3.05, 3.63) is 30.2 Å². The first-order valence-corrected chi connectivity index (χ1v) is 3.82. The summed E-state index contributed by atoms with van der Waals surface area (Å²) in [5.74, 6) is 0.531. The summed E-state index contributed by atoms with van der Waals surface area (Å²) in [5, 5.41) is 0. The molecule has 0 saturated heterocycles. The molecule has 1 aromatic heterocycles. The normalized spacial score (nSPS) is 10.4. The first-order valence-electron chi connectivity index (χ1n) is 3.82. The van der Waals surface area contributed by atoms with Crippen LogP contribution in [0, 0.1) is 0 Å². The lowest BCUT2D eigenvalue weighted by molar-refractivity contribution is 0.272. The van der Waals surface area contributed by atoms with E-state index in [0.29, 0.717) is 12.4 Å². The predicted molar refractivity (Wildman–Crippen MR) is 49.3 cm³/mol. The number of ether oxygens (including phenoxy) is 1. The number of anilines is 1. The molecule has 0 unspecified atom stereocenters. The Morgan fingerprint density at radius 3 is 3.00 bits per heavy atom. The Bertz CT molecular complexity index is 254. The van der Waals surface area contributed by atoms with Gasteiger partial charge < -0.3 is 10.5 Å². The number of nitrogens with zero attached hydrogens (tertiary/aromatic N) is 1. The zero-order chi connectivity index (χ0) is 8.81. The van der Waals surface area contributed by atoms with Gasteiger partial charge in [0.1, 0.15) is 5.82 Å². The van der Waals surface area contributed by atoms with Crippen LogP contribution in [0.1, 0.15) is 12.5 Å². The molecule has 0 spiro atoms. The van der Waals surface area contributed by atoms with Gasteiger partial charge in [0.25, 0.3) is 0 Å². The SMILES string of the molecule is CCO/C=C/c1ccc(N)nc1. The molecule has 1 aromatic rings. The molecule has 3 heteroatoms. The smallest absolute Gasteiger partial charge is 0.123 e. The van der Waals surface area contributed by atoms with Gasteiger partial charge in [0.05, 0.1) is 12.9 Å². The number of nitrogen functional groups attached to an aromatic ring is 1. The summed E-state index contributed by atoms with van der Waals surface area (Å²) in [7, 11) is 0. The second-order valence-electron chi connectivity index (χ2n) is 2.27. The van der Waals surface area contributed by atoms with Crippen molar-refractivity contribution in [2.45, 2.75) is 6.92 Å². The van der Waals surface area contributed by atoms with E-state index in [9.17, 15) is 0 Å². The Labute approximate surface area is 71.9 Å². The molecule has 1 heterocycles. The maximum Gasteiger partial charge on any atom is 0.123 e. The minimum atomic E-state index is 0.531. The molecule has 0 aliphatic rings. The molecule has 12 heavy (non-hydrogen) atoms. The standard InChI is InChI=1S/C9H12N2O/c1-2-12-6-5-8-3-4-9(10)11-7-8/h3-7H,2H2,1H3,(H2,10,11)/b6-5+. The van der Waals surface area contributed by atoms with Gasteiger partial charge in [-0.15, -0.1) is 0 Å². The van der Waals surface area contributed by atoms with Crippen LogP contribution < -0.4 is 5.73 Å². The monoisotopic (exact) mass is 164 g/mol. The zero-order valence-corrected chi connectivity index (χ0v) is 7.03. The second-order valence-corrected chi connectivity index (χ2v) is 2.27. The van der Waals surface area contributed by atoms with E-state index in [1.54, 1.807) is 18.5 Å². The average molecular weight is 164 g/mol. The lowest BCUT2D eigenvalue weighted by atomic mass is 10.3. The van der Waals surface area contributed by atoms with Crippen molar-refractivity contribution in [2.24, 2.45) is 0 Å². The fraction of sp³-hybridized carbons (Fsp3) is 0.222. The molecule has 0 saturated carbocycles. The summed E-state index contributed by atoms with van der Waals surface area (Å²) < 4.78 is 5.03. The van der Waals surface area contributed by atoms with E-state index in [4.69, 9.17) is 10.5 Å². The van der Waals surface area contributed by atoms with E-state index in [1.165, 1.54) is 0 Å². The third-order valence-electron chi connectivity index (χ3n) is 1.33. The molecule has 0 amide bonds. The Hall–Kier alpha value is -1.51. The van der Waals surface area contributed by atoms with Gasteiger partial charge in [-0.25, -0.2) is 4.98 Å². The first-order chi connectivity index (χ1) is 5.83. The molecule has 0 radical (unpaired) electrons. The Balaban J connectivity index is 2.58. The Morgan fingerprint density at radius 1 is 1.58 bits per heavy atom. The molecule has 0 aliphatic heterocycles. The van der Waals surface area contributed by atoms with Gasteiger partial charge >= 0.3 is 0 Å². The van der Waals surface area contributed by atoms with Crippen LogP contribution in [0.4, 0.5) is 5.82 Å². The zero-order valence-electron chi connectivity index (χ0n) is 7.03. The van der Waals surface area contributed by atoms with Crippen molar-refractivity contribution in [1.29, 1.82) is 0 Å². The second kappa shape index (κ2) is 4.38. The molecular weight excluding hydrogens is 152 g/mol. The van der Waals surface area contributed by atoms with Crippen LogP contribution in [0.25, 0.3) is 6.08 Å². The van der Waals surface area contributed by atoms with E-state index in [1.807, 2.05) is 19.1 Å². The van der Waals surface area contributed by atoms with Crippen LogP contribution >= 0.6 is 0 Å². The van der Waals surface area contributed by atoms with Crippen molar-refractivity contribution in [3.63, 3.8) is 0 Å². The van der Waals surface area contributed by atoms with Crippen molar-refractivity contribution in [3.8, 4) is 0 Å². The van der Waals surface area contributed by atoms with E-state index < -0.39 is 0 Å². The topological polar surface area (TPSA) is 48.1 Å². The minimum Gasteiger partial charge on any atom is -0.501 e. The molecule has 0 bridgehead atoms. The summed E-state index contributed by atoms with van der Waals surface area (Å²) in [6.07, 6.45) is 5.19. The lowest BCUT2D eigenvalue weighted by Crippen LogP contribution is -1.88. The van der Waals surface area contributed by atoms with E-state index in [-0.39, 0.29) is 0 Å². The van der Waals surface area contributed by atoms with Gasteiger partial charge in [-0.1, -0.05) is 0 Å². The number of hydrogen-bond donors (Lipinski definition) is 1. The van der Waals surface area contributed by atoms with Gasteiger partial charge in [0.2, 0.25) is 0 Å². The van der Waals surface area contributed by atoms with Crippen LogP contribution in [-0.4, -0.2) is 11.6 Å². The molecule has 1 rings (SSSR count). The number of pyridine rings is 1. The van der Waals surface area contributed by atoms with Gasteiger partial charge in [-0.05, 0) is 30.7 Å². The van der Waals surface area contributed by atoms with Crippen molar-refractivity contribution in [1.82, 2.24) is 4.98 Å². The molecule has 0 fully saturated rings. The quantitative estimate of drug-likeness (QED) is 0.691. The molecular formula is C9H12N2O. The van der Waals surface area contributed by atoms with Gasteiger partial charge in [-0.3, -0.25) is 0 Å². The number of hydrogen-bond acceptors (Lipinski definition) is 3. The highest BCUT2D eigenvalue weighted by Gasteiger charge is 1.86. The highest BCUT2D eigenvalue weighted by molar-refractivity contribution is 5.48. The highest BCUT2D eigenvalue weighted by Crippen LogP contribution is 2.02. The van der Waals surface area contributed by atoms with E-state index >= 15 is 0 Å². The van der Waals surface area contributed by atoms with Crippen molar-refractivity contribution in [2.75, 3.05) is 12.3 Å². The fourth-order valence-electron chi connectivity index (χ4n) is 0.738. The highest BCUT2D eigenvalue weighted by atomic mass is 16.5. The number of rotatable bonds is 3. The van der Waals surface area contributed by atoms with E-state index in [2.05, 4.69) is 4.98 Å². The fourth-order valence-corrected chi connectivity index (χ4v) is 0.738. The number of nitrogens with two attached hydrogens (primary N) is 1. The maximum absolute atomic E-state index is 5.42. The van der Waals surface area contributed by atoms with Crippen LogP contribution in [-0.2, 0) is 4.74 Å². The first kappa shape index (κ1) is 8.59. The summed E-state index contributed by atoms with van der Waals surface area (Å²) in [4.78, 5) is 3.93. The summed E-state index contributed by atoms with van der Waals surface area (Å²) in [5.41, 5.74) is 6.40. The van der Waals surface area contributed by atoms with Gasteiger partial charge in [-0.2, -0.15) is 0 Å². The Morgan fingerprint density at radius 2 is 2.42 bits per heavy atom. The molecule has 0 aromatic carbocycles. The Kier molecular flexibility index (Phi) is 3.14. The largest absolute Gasteiger partial charge is 0.501 e. The van der Waals surface area contributed by atoms with Crippen molar-refractivity contribution >= 4 is 11.9 Å². The third-order valence-corrected chi connectivity index (χ3v) is 1.33. The van der Waals surface area contributed by atoms with Gasteiger partial charge in [0.15, 0.2) is 0 Å². The minimum absolute atomic E-state index is 0.531. The van der Waals surface area contributed by atoms with Crippen LogP contribution in [0.15, 0.2) is 24.6 Å². The maximum atomic E-state index is 5.42. The van der Waals surface area contributed by atoms with Crippen LogP contribution in [0.5, 0.6) is 0 Å². The summed E-state index contributed by atoms with van der Waals surface area (Å²) in [6, 6.07) is 3.64. The molecule has 2 N–H and O–H groups in total. The summed E-state index contributed by atoms with van der Waals surface area (Å²) >= 11 is 0.